The lowest BCUT2D eigenvalue weighted by molar-refractivity contribution is -0.199. The Balaban J connectivity index is 1.31. The Morgan fingerprint density at radius 3 is 2.36 bits per heavy atom. The van der Waals surface area contributed by atoms with E-state index < -0.39 is 24.3 Å². The number of carbonyl (C=O) groups excluding carboxylic acids is 2. The Morgan fingerprint density at radius 2 is 1.68 bits per heavy atom. The van der Waals surface area contributed by atoms with Crippen LogP contribution in [-0.4, -0.2) is 60.6 Å². The number of hydrogen-bond donors (Lipinski definition) is 1. The lowest BCUT2D eigenvalue weighted by atomic mass is 9.43. The molecule has 1 amide bonds. The molecule has 256 valence electrons. The smallest absolute Gasteiger partial charge is 0.482 e. The van der Waals surface area contributed by atoms with Crippen molar-refractivity contribution in [3.8, 4) is 5.75 Å². The minimum atomic E-state index is -0.618. The van der Waals surface area contributed by atoms with Crippen molar-refractivity contribution in [2.75, 3.05) is 6.61 Å². The SMILES string of the molecule is CC(COC(C)(C)C)Oc1cccc(CC(=O)NC(Cc2cccc(C(=O)OC(C)(C)C)c2)B2OC3CC4CC(C4(C)C)C3(C)O2)c1. The zero-order valence-electron chi connectivity index (χ0n) is 30.0. The third-order valence-electron chi connectivity index (χ3n) is 10.0. The summed E-state index contributed by atoms with van der Waals surface area (Å²) in [5.41, 5.74) is 1.14. The standard InChI is InChI=1S/C38H54BNO7/c1-24(23-43-35(2,3)4)44-29-16-12-14-26(18-29)20-33(41)40-32(19-25-13-11-15-27(17-25)34(42)45-36(5,6)7)39-46-31-22-28-21-30(37(28,8)9)38(31,10)47-39/h11-18,24,28,30-32H,19-23H2,1-10H3,(H,40,41). The van der Waals surface area contributed by atoms with Gasteiger partial charge in [0.05, 0.1) is 41.8 Å². The molecular weight excluding hydrogens is 593 g/mol. The number of hydrogen-bond acceptors (Lipinski definition) is 7. The van der Waals surface area contributed by atoms with Gasteiger partial charge in [0.2, 0.25) is 5.91 Å². The Hall–Kier alpha value is -2.88. The molecule has 4 fully saturated rings. The van der Waals surface area contributed by atoms with Crippen LogP contribution in [0.15, 0.2) is 48.5 Å². The quantitative estimate of drug-likeness (QED) is 0.213. The molecule has 3 aliphatic carbocycles. The van der Waals surface area contributed by atoms with Gasteiger partial charge in [0, 0.05) is 0 Å². The van der Waals surface area contributed by atoms with Crippen LogP contribution in [0.25, 0.3) is 0 Å². The van der Waals surface area contributed by atoms with Crippen molar-refractivity contribution in [1.29, 1.82) is 0 Å². The molecule has 9 heteroatoms. The van der Waals surface area contributed by atoms with Crippen LogP contribution in [0, 0.1) is 17.3 Å². The second-order valence-electron chi connectivity index (χ2n) is 16.6. The van der Waals surface area contributed by atoms with Gasteiger partial charge in [-0.25, -0.2) is 4.79 Å². The van der Waals surface area contributed by atoms with Gasteiger partial charge in [-0.3, -0.25) is 4.79 Å². The van der Waals surface area contributed by atoms with E-state index in [1.54, 1.807) is 6.07 Å². The third kappa shape index (κ3) is 8.41. The van der Waals surface area contributed by atoms with Crippen molar-refractivity contribution < 1.29 is 33.1 Å². The molecule has 6 rings (SSSR count). The van der Waals surface area contributed by atoms with Gasteiger partial charge in [0.15, 0.2) is 0 Å². The second-order valence-corrected chi connectivity index (χ2v) is 16.6. The topological polar surface area (TPSA) is 92.3 Å². The maximum Gasteiger partial charge on any atom is 0.482 e. The number of carbonyl (C=O) groups is 2. The molecule has 4 aliphatic rings. The first-order valence-electron chi connectivity index (χ1n) is 17.2. The minimum absolute atomic E-state index is 0.0187. The first-order chi connectivity index (χ1) is 21.8. The van der Waals surface area contributed by atoms with Gasteiger partial charge >= 0.3 is 13.1 Å². The molecule has 0 spiro atoms. The lowest BCUT2D eigenvalue weighted by Gasteiger charge is -2.64. The number of ether oxygens (including phenoxy) is 3. The minimum Gasteiger partial charge on any atom is -0.488 e. The lowest BCUT2D eigenvalue weighted by Crippen LogP contribution is -2.65. The fourth-order valence-corrected chi connectivity index (χ4v) is 7.51. The Bertz CT molecular complexity index is 1450. The Kier molecular flexibility index (Phi) is 9.96. The van der Waals surface area contributed by atoms with Gasteiger partial charge in [0.25, 0.3) is 0 Å². The van der Waals surface area contributed by atoms with Gasteiger partial charge in [-0.05, 0) is 127 Å². The molecule has 2 bridgehead atoms. The van der Waals surface area contributed by atoms with Crippen LogP contribution in [0.1, 0.15) is 104 Å². The molecule has 0 aromatic heterocycles. The summed E-state index contributed by atoms with van der Waals surface area (Å²) in [7, 11) is -0.618. The van der Waals surface area contributed by atoms with Crippen LogP contribution in [-0.2, 0) is 36.4 Å². The second kappa shape index (κ2) is 13.2. The number of benzene rings is 2. The summed E-state index contributed by atoms with van der Waals surface area (Å²) in [6, 6.07) is 15.0. The van der Waals surface area contributed by atoms with Gasteiger partial charge < -0.3 is 28.8 Å². The molecule has 2 aromatic rings. The highest BCUT2D eigenvalue weighted by Gasteiger charge is 2.68. The fourth-order valence-electron chi connectivity index (χ4n) is 7.51. The van der Waals surface area contributed by atoms with Crippen molar-refractivity contribution in [1.82, 2.24) is 5.32 Å². The van der Waals surface area contributed by atoms with Gasteiger partial charge in [0.1, 0.15) is 17.5 Å². The molecule has 3 saturated carbocycles. The molecule has 1 heterocycles. The van der Waals surface area contributed by atoms with Crippen LogP contribution in [0.2, 0.25) is 0 Å². The van der Waals surface area contributed by atoms with Crippen molar-refractivity contribution in [2.45, 2.75) is 130 Å². The van der Waals surface area contributed by atoms with Crippen LogP contribution in [0.5, 0.6) is 5.75 Å². The van der Waals surface area contributed by atoms with Crippen LogP contribution < -0.4 is 10.1 Å². The van der Waals surface area contributed by atoms with E-state index in [2.05, 4.69) is 26.1 Å². The highest BCUT2D eigenvalue weighted by atomic mass is 16.7. The van der Waals surface area contributed by atoms with Crippen molar-refractivity contribution in [3.05, 3.63) is 65.2 Å². The van der Waals surface area contributed by atoms with Crippen LogP contribution in [0.4, 0.5) is 0 Å². The summed E-state index contributed by atoms with van der Waals surface area (Å²) in [6.07, 6.45) is 2.54. The average molecular weight is 648 g/mol. The Labute approximate surface area is 281 Å². The van der Waals surface area contributed by atoms with Gasteiger partial charge in [-0.1, -0.05) is 38.1 Å². The largest absolute Gasteiger partial charge is 0.488 e. The van der Waals surface area contributed by atoms with E-state index in [0.29, 0.717) is 36.2 Å². The molecule has 1 N–H and O–H groups in total. The zero-order valence-corrected chi connectivity index (χ0v) is 30.0. The van der Waals surface area contributed by atoms with Gasteiger partial charge in [-0.2, -0.15) is 0 Å². The molecule has 6 unspecified atom stereocenters. The molecule has 0 radical (unpaired) electrons. The summed E-state index contributed by atoms with van der Waals surface area (Å²) in [4.78, 5) is 26.5. The average Bonchev–Trinajstić information content (AvgIpc) is 3.32. The number of esters is 1. The monoisotopic (exact) mass is 647 g/mol. The fraction of sp³-hybridized carbons (Fsp3) is 0.632. The predicted molar refractivity (Wildman–Crippen MR) is 183 cm³/mol. The molecule has 1 aliphatic heterocycles. The summed E-state index contributed by atoms with van der Waals surface area (Å²) in [6.45, 7) is 20.9. The maximum atomic E-state index is 13.7. The summed E-state index contributed by atoms with van der Waals surface area (Å²) in [5.74, 6) is 0.717. The van der Waals surface area contributed by atoms with E-state index in [0.717, 1.165) is 24.0 Å². The van der Waals surface area contributed by atoms with Gasteiger partial charge in [-0.15, -0.1) is 0 Å². The zero-order chi connectivity index (χ0) is 34.4. The van der Waals surface area contributed by atoms with E-state index in [-0.39, 0.29) is 41.5 Å². The first-order valence-corrected chi connectivity index (χ1v) is 17.2. The normalized spacial score (nSPS) is 26.1. The molecule has 1 saturated heterocycles. The van der Waals surface area contributed by atoms with Crippen LogP contribution >= 0.6 is 0 Å². The van der Waals surface area contributed by atoms with E-state index in [1.807, 2.05) is 90.9 Å². The number of amides is 1. The predicted octanol–water partition coefficient (Wildman–Crippen LogP) is 6.76. The van der Waals surface area contributed by atoms with Crippen LogP contribution in [0.3, 0.4) is 0 Å². The molecular formula is C38H54BNO7. The van der Waals surface area contributed by atoms with Crippen molar-refractivity contribution in [2.24, 2.45) is 17.3 Å². The van der Waals surface area contributed by atoms with E-state index in [9.17, 15) is 9.59 Å². The summed E-state index contributed by atoms with van der Waals surface area (Å²) in [5, 5.41) is 3.25. The number of rotatable bonds is 11. The number of nitrogens with one attached hydrogen (secondary N) is 1. The van der Waals surface area contributed by atoms with Crippen molar-refractivity contribution in [3.63, 3.8) is 0 Å². The molecule has 6 atom stereocenters. The molecule has 8 nitrogen and oxygen atoms in total. The third-order valence-corrected chi connectivity index (χ3v) is 10.0. The highest BCUT2D eigenvalue weighted by Crippen LogP contribution is 2.65. The Morgan fingerprint density at radius 1 is 0.979 bits per heavy atom. The van der Waals surface area contributed by atoms with E-state index >= 15 is 0 Å². The molecule has 47 heavy (non-hydrogen) atoms. The van der Waals surface area contributed by atoms with Crippen molar-refractivity contribution >= 4 is 19.0 Å². The summed E-state index contributed by atoms with van der Waals surface area (Å²) >= 11 is 0. The molecule has 2 aromatic carbocycles. The van der Waals surface area contributed by atoms with E-state index in [4.69, 9.17) is 23.5 Å². The van der Waals surface area contributed by atoms with E-state index in [1.165, 1.54) is 0 Å². The summed E-state index contributed by atoms with van der Waals surface area (Å²) < 4.78 is 31.0. The maximum absolute atomic E-state index is 13.7. The highest BCUT2D eigenvalue weighted by molar-refractivity contribution is 6.48. The first kappa shape index (κ1) is 35.4.